The molecular weight excluding hydrogens is 233 g/mol. The SMILES string of the molecule is CCC(O)CNc1c(F)cc(N)c2cccnc12. The predicted octanol–water partition coefficient (Wildman–Crippen LogP) is 2.14. The predicted molar refractivity (Wildman–Crippen MR) is 70.9 cm³/mol. The van der Waals surface area contributed by atoms with Crippen LogP contribution in [0.2, 0.25) is 0 Å². The van der Waals surface area contributed by atoms with Crippen molar-refractivity contribution in [2.75, 3.05) is 17.6 Å². The summed E-state index contributed by atoms with van der Waals surface area (Å²) in [6.07, 6.45) is 1.68. The summed E-state index contributed by atoms with van der Waals surface area (Å²) >= 11 is 0. The van der Waals surface area contributed by atoms with Crippen LogP contribution < -0.4 is 11.1 Å². The zero-order chi connectivity index (χ0) is 13.1. The maximum atomic E-state index is 13.9. The Balaban J connectivity index is 2.43. The van der Waals surface area contributed by atoms with E-state index in [1.165, 1.54) is 6.07 Å². The zero-order valence-corrected chi connectivity index (χ0v) is 10.2. The van der Waals surface area contributed by atoms with Gasteiger partial charge in [-0.25, -0.2) is 4.39 Å². The van der Waals surface area contributed by atoms with Gasteiger partial charge >= 0.3 is 0 Å². The van der Waals surface area contributed by atoms with Gasteiger partial charge in [-0.2, -0.15) is 0 Å². The highest BCUT2D eigenvalue weighted by atomic mass is 19.1. The number of nitrogens with zero attached hydrogens (tertiary/aromatic N) is 1. The molecule has 0 fully saturated rings. The second-order valence-corrected chi connectivity index (χ2v) is 4.17. The minimum atomic E-state index is -0.513. The Bertz CT molecular complexity index is 559. The van der Waals surface area contributed by atoms with E-state index in [1.54, 1.807) is 18.3 Å². The number of benzene rings is 1. The van der Waals surface area contributed by atoms with Gasteiger partial charge in [-0.05, 0) is 24.6 Å². The standard InChI is InChI=1S/C13H16FN3O/c1-2-8(18)7-17-13-10(14)6-11(15)9-4-3-5-16-12(9)13/h3-6,8,17-18H,2,7,15H2,1H3. The summed E-state index contributed by atoms with van der Waals surface area (Å²) in [5, 5.41) is 13.1. The van der Waals surface area contributed by atoms with Gasteiger partial charge < -0.3 is 16.2 Å². The monoisotopic (exact) mass is 249 g/mol. The molecule has 0 saturated carbocycles. The fraction of sp³-hybridized carbons (Fsp3) is 0.308. The van der Waals surface area contributed by atoms with Crippen LogP contribution in [0.5, 0.6) is 0 Å². The third-order valence-electron chi connectivity index (χ3n) is 2.86. The Kier molecular flexibility index (Phi) is 3.62. The number of pyridine rings is 1. The molecule has 0 spiro atoms. The number of fused-ring (bicyclic) bond motifs is 1. The van der Waals surface area contributed by atoms with Crippen molar-refractivity contribution in [3.8, 4) is 0 Å². The van der Waals surface area contributed by atoms with E-state index in [4.69, 9.17) is 5.73 Å². The van der Waals surface area contributed by atoms with E-state index in [0.29, 0.717) is 23.0 Å². The van der Waals surface area contributed by atoms with E-state index in [0.717, 1.165) is 0 Å². The van der Waals surface area contributed by atoms with Crippen molar-refractivity contribution in [2.24, 2.45) is 0 Å². The normalized spacial score (nSPS) is 12.6. The molecule has 1 atom stereocenters. The van der Waals surface area contributed by atoms with Gasteiger partial charge in [-0.15, -0.1) is 0 Å². The maximum Gasteiger partial charge on any atom is 0.150 e. The van der Waals surface area contributed by atoms with Crippen LogP contribution in [0.4, 0.5) is 15.8 Å². The molecule has 4 N–H and O–H groups in total. The largest absolute Gasteiger partial charge is 0.398 e. The Morgan fingerprint density at radius 3 is 3.06 bits per heavy atom. The van der Waals surface area contributed by atoms with Crippen LogP contribution in [-0.4, -0.2) is 22.7 Å². The van der Waals surface area contributed by atoms with Crippen molar-refractivity contribution in [3.05, 3.63) is 30.2 Å². The number of rotatable bonds is 4. The average Bonchev–Trinajstić information content (AvgIpc) is 2.38. The van der Waals surface area contributed by atoms with Crippen molar-refractivity contribution in [3.63, 3.8) is 0 Å². The minimum absolute atomic E-state index is 0.281. The number of aliphatic hydroxyl groups excluding tert-OH is 1. The number of aromatic nitrogens is 1. The summed E-state index contributed by atoms with van der Waals surface area (Å²) in [6, 6.07) is 4.81. The number of halogens is 1. The molecular formula is C13H16FN3O. The van der Waals surface area contributed by atoms with Crippen LogP contribution in [0.3, 0.4) is 0 Å². The summed E-state index contributed by atoms with van der Waals surface area (Å²) in [7, 11) is 0. The lowest BCUT2D eigenvalue weighted by Crippen LogP contribution is -2.19. The molecule has 0 bridgehead atoms. The molecule has 0 aliphatic rings. The van der Waals surface area contributed by atoms with E-state index in [1.807, 2.05) is 6.92 Å². The molecule has 0 aliphatic heterocycles. The molecule has 1 heterocycles. The lowest BCUT2D eigenvalue weighted by atomic mass is 10.1. The van der Waals surface area contributed by atoms with Crippen molar-refractivity contribution >= 4 is 22.3 Å². The number of nitrogen functional groups attached to an aromatic ring is 1. The quantitative estimate of drug-likeness (QED) is 0.726. The van der Waals surface area contributed by atoms with Crippen molar-refractivity contribution < 1.29 is 9.50 Å². The molecule has 1 aromatic carbocycles. The first kappa shape index (κ1) is 12.6. The second-order valence-electron chi connectivity index (χ2n) is 4.17. The molecule has 2 aromatic rings. The van der Waals surface area contributed by atoms with Gasteiger partial charge in [0.2, 0.25) is 0 Å². The van der Waals surface area contributed by atoms with E-state index < -0.39 is 11.9 Å². The number of nitrogens with one attached hydrogen (secondary N) is 1. The average molecular weight is 249 g/mol. The van der Waals surface area contributed by atoms with Gasteiger partial charge in [0, 0.05) is 23.8 Å². The van der Waals surface area contributed by atoms with Gasteiger partial charge in [0.25, 0.3) is 0 Å². The molecule has 5 heteroatoms. The molecule has 1 aromatic heterocycles. The fourth-order valence-electron chi connectivity index (χ4n) is 1.77. The van der Waals surface area contributed by atoms with E-state index in [2.05, 4.69) is 10.3 Å². The fourth-order valence-corrected chi connectivity index (χ4v) is 1.77. The van der Waals surface area contributed by atoms with Crippen LogP contribution in [0.15, 0.2) is 24.4 Å². The molecule has 18 heavy (non-hydrogen) atoms. The smallest absolute Gasteiger partial charge is 0.150 e. The summed E-state index contributed by atoms with van der Waals surface area (Å²) in [5.41, 5.74) is 6.88. The highest BCUT2D eigenvalue weighted by molar-refractivity contribution is 5.98. The second kappa shape index (κ2) is 5.18. The first-order valence-electron chi connectivity index (χ1n) is 5.88. The number of hydrogen-bond donors (Lipinski definition) is 3. The Hall–Kier alpha value is -1.88. The topological polar surface area (TPSA) is 71.2 Å². The molecule has 4 nitrogen and oxygen atoms in total. The highest BCUT2D eigenvalue weighted by Crippen LogP contribution is 2.29. The summed E-state index contributed by atoms with van der Waals surface area (Å²) in [5.74, 6) is -0.456. The molecule has 1 unspecified atom stereocenters. The molecule has 2 rings (SSSR count). The van der Waals surface area contributed by atoms with Crippen LogP contribution in [0.25, 0.3) is 10.9 Å². The van der Waals surface area contributed by atoms with Crippen LogP contribution in [-0.2, 0) is 0 Å². The zero-order valence-electron chi connectivity index (χ0n) is 10.2. The van der Waals surface area contributed by atoms with Gasteiger partial charge in [0.1, 0.15) is 0 Å². The number of aliphatic hydroxyl groups is 1. The van der Waals surface area contributed by atoms with Crippen molar-refractivity contribution in [1.29, 1.82) is 0 Å². The van der Waals surface area contributed by atoms with Gasteiger partial charge in [-0.3, -0.25) is 4.98 Å². The van der Waals surface area contributed by atoms with E-state index in [-0.39, 0.29) is 12.2 Å². The van der Waals surface area contributed by atoms with Crippen molar-refractivity contribution in [1.82, 2.24) is 4.98 Å². The van der Waals surface area contributed by atoms with Gasteiger partial charge in [-0.1, -0.05) is 6.92 Å². The Morgan fingerprint density at radius 1 is 1.56 bits per heavy atom. The molecule has 96 valence electrons. The first-order valence-corrected chi connectivity index (χ1v) is 5.88. The maximum absolute atomic E-state index is 13.9. The van der Waals surface area contributed by atoms with E-state index >= 15 is 0 Å². The van der Waals surface area contributed by atoms with Crippen molar-refractivity contribution in [2.45, 2.75) is 19.4 Å². The lowest BCUT2D eigenvalue weighted by Gasteiger charge is -2.14. The lowest BCUT2D eigenvalue weighted by molar-refractivity contribution is 0.183. The molecule has 0 saturated heterocycles. The molecule has 0 radical (unpaired) electrons. The Labute approximate surface area is 105 Å². The van der Waals surface area contributed by atoms with Crippen LogP contribution >= 0.6 is 0 Å². The first-order chi connectivity index (χ1) is 8.63. The summed E-state index contributed by atoms with van der Waals surface area (Å²) < 4.78 is 13.9. The summed E-state index contributed by atoms with van der Waals surface area (Å²) in [4.78, 5) is 4.14. The highest BCUT2D eigenvalue weighted by Gasteiger charge is 2.12. The van der Waals surface area contributed by atoms with Gasteiger partial charge in [0.15, 0.2) is 5.82 Å². The third-order valence-corrected chi connectivity index (χ3v) is 2.86. The third kappa shape index (κ3) is 2.36. The minimum Gasteiger partial charge on any atom is -0.398 e. The Morgan fingerprint density at radius 2 is 2.33 bits per heavy atom. The van der Waals surface area contributed by atoms with Crippen LogP contribution in [0, 0.1) is 5.82 Å². The van der Waals surface area contributed by atoms with E-state index in [9.17, 15) is 9.50 Å². The number of hydrogen-bond acceptors (Lipinski definition) is 4. The number of nitrogens with two attached hydrogens (primary N) is 1. The molecule has 0 amide bonds. The number of anilines is 2. The van der Waals surface area contributed by atoms with Crippen LogP contribution in [0.1, 0.15) is 13.3 Å². The summed E-state index contributed by atoms with van der Waals surface area (Å²) in [6.45, 7) is 2.14. The van der Waals surface area contributed by atoms with Gasteiger partial charge in [0.05, 0.1) is 17.3 Å². The molecule has 0 aliphatic carbocycles.